The number of hydrogen-bond donors (Lipinski definition) is 1. The van der Waals surface area contributed by atoms with Crippen molar-refractivity contribution in [1.82, 2.24) is 5.32 Å². The molecule has 5 nitrogen and oxygen atoms in total. The zero-order chi connectivity index (χ0) is 19.6. The van der Waals surface area contributed by atoms with E-state index in [0.717, 1.165) is 5.56 Å². The molecule has 0 heterocycles. The maximum atomic E-state index is 11.6. The van der Waals surface area contributed by atoms with Crippen LogP contribution >= 0.6 is 0 Å². The molecule has 0 fully saturated rings. The molecule has 25 heavy (non-hydrogen) atoms. The normalized spacial score (nSPS) is 10.0. The predicted octanol–water partition coefficient (Wildman–Crippen LogP) is 3.37. The molecule has 1 rings (SSSR count). The Kier molecular flexibility index (Phi) is 11.5. The van der Waals surface area contributed by atoms with Crippen LogP contribution in [0.4, 0.5) is 4.79 Å². The summed E-state index contributed by atoms with van der Waals surface area (Å²) in [6.07, 6.45) is 0.0692. The molecule has 0 aliphatic heterocycles. The number of methoxy groups -OCH3 is 2. The monoisotopic (exact) mass is 493 g/mol. The summed E-state index contributed by atoms with van der Waals surface area (Å²) in [7, 11) is 3.06. The van der Waals surface area contributed by atoms with Crippen LogP contribution in [-0.4, -0.2) is 53.6 Å². The first-order chi connectivity index (χ1) is 11.6. The molecule has 1 amide bonds. The number of ether oxygens (including phenoxy) is 3. The first kappa shape index (κ1) is 24.3. The van der Waals surface area contributed by atoms with E-state index in [1.54, 1.807) is 13.2 Å². The zero-order valence-electron chi connectivity index (χ0n) is 15.9. The van der Waals surface area contributed by atoms with Crippen molar-refractivity contribution in [3.63, 3.8) is 0 Å². The average Bonchev–Trinajstić information content (AvgIpc) is 2.50. The van der Waals surface area contributed by atoms with Crippen molar-refractivity contribution in [2.24, 2.45) is 0 Å². The summed E-state index contributed by atoms with van der Waals surface area (Å²) in [5, 5.41) is 2.69. The van der Waals surface area contributed by atoms with Gasteiger partial charge in [0, 0.05) is 6.54 Å². The van der Waals surface area contributed by atoms with E-state index in [1.165, 1.54) is 7.11 Å². The molecule has 0 aliphatic carbocycles. The van der Waals surface area contributed by atoms with Crippen LogP contribution in [0, 0.1) is 0 Å². The average molecular weight is 492 g/mol. The van der Waals surface area contributed by atoms with Crippen LogP contribution in [0.15, 0.2) is 15.9 Å². The molecule has 0 bridgehead atoms. The fourth-order valence-electron chi connectivity index (χ4n) is 1.79. The summed E-state index contributed by atoms with van der Waals surface area (Å²) in [4.78, 5) is 17.2. The van der Waals surface area contributed by atoms with Gasteiger partial charge in [0.2, 0.25) is 0 Å². The molecule has 1 aromatic carbocycles. The van der Waals surface area contributed by atoms with Crippen LogP contribution in [0.25, 0.3) is 0 Å². The fraction of sp³-hybridized carbons (Fsp3) is 0.588. The van der Waals surface area contributed by atoms with Gasteiger partial charge in [-0.25, -0.2) is 4.79 Å². The third-order valence-corrected chi connectivity index (χ3v) is 3.70. The van der Waals surface area contributed by atoms with Gasteiger partial charge in [0.1, 0.15) is 11.4 Å². The van der Waals surface area contributed by atoms with Crippen molar-refractivity contribution in [1.29, 1.82) is 0 Å². The summed E-state index contributed by atoms with van der Waals surface area (Å²) in [5.41, 5.74) is 0.304. The number of hydrogen-bond acceptors (Lipinski definition) is 6. The van der Waals surface area contributed by atoms with Crippen molar-refractivity contribution < 1.29 is 19.0 Å². The molecular weight excluding hydrogens is 465 g/mol. The van der Waals surface area contributed by atoms with Crippen molar-refractivity contribution in [3.05, 3.63) is 11.6 Å². The van der Waals surface area contributed by atoms with E-state index in [9.17, 15) is 4.79 Å². The summed E-state index contributed by atoms with van der Waals surface area (Å²) < 4.78 is 15.6. The predicted molar refractivity (Wildman–Crippen MR) is 106 cm³/mol. The van der Waals surface area contributed by atoms with E-state index in [0.29, 0.717) is 34.3 Å². The Hall–Kier alpha value is -0.671. The van der Waals surface area contributed by atoms with Gasteiger partial charge in [-0.05, 0) is 33.3 Å². The van der Waals surface area contributed by atoms with Gasteiger partial charge < -0.3 is 44.8 Å². The van der Waals surface area contributed by atoms with Gasteiger partial charge in [0.25, 0.3) is 0 Å². The molecule has 0 aliphatic rings. The first-order valence-electron chi connectivity index (χ1n) is 7.78. The van der Waals surface area contributed by atoms with E-state index in [1.807, 2.05) is 20.8 Å². The van der Waals surface area contributed by atoms with Crippen LogP contribution in [0.2, 0.25) is 9.88 Å². The van der Waals surface area contributed by atoms with E-state index >= 15 is 0 Å². The minimum absolute atomic E-state index is 0.230. The first-order valence-corrected chi connectivity index (χ1v) is 14.3. The van der Waals surface area contributed by atoms with Crippen LogP contribution in [0.1, 0.15) is 26.3 Å². The molecule has 1 N–H and O–H groups in total. The van der Waals surface area contributed by atoms with Gasteiger partial charge in [0.05, 0.1) is 14.2 Å². The summed E-state index contributed by atoms with van der Waals surface area (Å²) in [5.74, 6) is 1.000. The molecule has 0 saturated carbocycles. The van der Waals surface area contributed by atoms with E-state index in [4.69, 9.17) is 39.5 Å². The Morgan fingerprint density at radius 3 is 2.16 bits per heavy atom. The molecule has 0 spiro atoms. The van der Waals surface area contributed by atoms with Gasteiger partial charge in [-0.15, -0.1) is 4.90 Å². The Labute approximate surface area is 172 Å². The van der Waals surface area contributed by atoms with Crippen molar-refractivity contribution in [3.8, 4) is 11.5 Å². The third-order valence-electron chi connectivity index (χ3n) is 2.72. The topological polar surface area (TPSA) is 56.8 Å². The van der Waals surface area contributed by atoms with Crippen LogP contribution in [0.5, 0.6) is 11.5 Å². The van der Waals surface area contributed by atoms with Gasteiger partial charge in [-0.3, -0.25) is 0 Å². The maximum absolute atomic E-state index is 11.6. The Morgan fingerprint density at radius 2 is 1.72 bits per heavy atom. The van der Waals surface area contributed by atoms with Crippen molar-refractivity contribution in [2.45, 2.75) is 52.5 Å². The zero-order valence-corrected chi connectivity index (χ0v) is 20.4. The molecule has 1 aromatic rings. The Bertz CT molecular complexity index is 563. The fourth-order valence-corrected chi connectivity index (χ4v) is 2.36. The number of carbonyl (C=O) groups is 1. The van der Waals surface area contributed by atoms with E-state index in [-0.39, 0.29) is 21.1 Å². The van der Waals surface area contributed by atoms with E-state index in [2.05, 4.69) is 15.2 Å². The molecule has 0 radical (unpaired) electrons. The molecular formula is C17H27NO4S2Sn. The number of nitrogens with one attached hydrogen (secondary N) is 1. The molecule has 0 atom stereocenters. The summed E-state index contributed by atoms with van der Waals surface area (Å²) in [6.45, 7) is 5.83. The van der Waals surface area contributed by atoms with E-state index < -0.39 is 11.7 Å². The van der Waals surface area contributed by atoms with Crippen LogP contribution in [0.3, 0.4) is 0 Å². The van der Waals surface area contributed by atoms with Gasteiger partial charge >= 0.3 is 37.1 Å². The molecule has 0 unspecified atom stereocenters. The SMILES string of the molecule is COc1cc(CCNC(=O)OC(C)(C)C)c([S-])c([S-])c1OC.[CH3][Sn+2][CH3]. The molecule has 0 saturated heterocycles. The summed E-state index contributed by atoms with van der Waals surface area (Å²) in [6, 6.07) is 1.79. The Morgan fingerprint density at radius 1 is 1.16 bits per heavy atom. The molecule has 8 heteroatoms. The van der Waals surface area contributed by atoms with Gasteiger partial charge in [-0.1, -0.05) is 5.56 Å². The number of carbonyl (C=O) groups excluding carboxylic acids is 1. The second-order valence-corrected chi connectivity index (χ2v) is 9.78. The van der Waals surface area contributed by atoms with Crippen LogP contribution in [-0.2, 0) is 36.4 Å². The number of alkyl carbamates (subject to hydrolysis) is 1. The number of amides is 1. The van der Waals surface area contributed by atoms with Crippen LogP contribution < -0.4 is 14.8 Å². The second-order valence-electron chi connectivity index (χ2n) is 6.11. The van der Waals surface area contributed by atoms with Gasteiger partial charge in [-0.2, -0.15) is 4.90 Å². The minimum atomic E-state index is -0.523. The van der Waals surface area contributed by atoms with Gasteiger partial charge in [0.15, 0.2) is 5.75 Å². The number of rotatable bonds is 5. The third kappa shape index (κ3) is 9.01. The molecule has 0 aromatic heterocycles. The number of benzene rings is 1. The quantitative estimate of drug-likeness (QED) is 0.503. The Balaban J connectivity index is 0.00000178. The second kappa shape index (κ2) is 11.9. The molecule has 140 valence electrons. The summed E-state index contributed by atoms with van der Waals surface area (Å²) >= 11 is 10.9. The standard InChI is InChI=1S/C15H23NO4S2.2CH3.Sn/c1-15(2,3)20-14(17)16-7-6-9-8-10(18-4)11(19-5)13(22)12(9)21;;;/h8,21-22H,6-7H2,1-5H3,(H,16,17);2*1H3;/q;;;+2/p-2. The van der Waals surface area contributed by atoms with Crippen molar-refractivity contribution >= 4 is 52.5 Å². The van der Waals surface area contributed by atoms with Crippen molar-refractivity contribution in [2.75, 3.05) is 20.8 Å².